The van der Waals surface area contributed by atoms with Gasteiger partial charge in [-0.25, -0.2) is 0 Å². The minimum atomic E-state index is -0.430. The maximum atomic E-state index is 9.44. The molecule has 1 rings (SSSR count). The topological polar surface area (TPSA) is 48.3 Å². The molecule has 1 N–H and O–H groups in total. The zero-order chi connectivity index (χ0) is 15.2. The highest BCUT2D eigenvalue weighted by atomic mass is 16.5. The summed E-state index contributed by atoms with van der Waals surface area (Å²) in [5, 5.41) is 12.8. The molecule has 1 aliphatic rings. The molecule has 0 spiro atoms. The molecule has 0 aromatic heterocycles. The normalized spacial score (nSPS) is 28.6. The summed E-state index contributed by atoms with van der Waals surface area (Å²) >= 11 is 0. The van der Waals surface area contributed by atoms with Crippen molar-refractivity contribution in [3.63, 3.8) is 0 Å². The molecule has 20 heavy (non-hydrogen) atoms. The molecule has 1 heterocycles. The van der Waals surface area contributed by atoms with Crippen molar-refractivity contribution in [2.75, 3.05) is 26.7 Å². The third-order valence-corrected chi connectivity index (χ3v) is 4.56. The Bertz CT molecular complexity index is 328. The van der Waals surface area contributed by atoms with Crippen LogP contribution in [0, 0.1) is 17.2 Å². The van der Waals surface area contributed by atoms with Crippen LogP contribution in [-0.2, 0) is 4.74 Å². The van der Waals surface area contributed by atoms with Crippen LogP contribution in [0.25, 0.3) is 0 Å². The van der Waals surface area contributed by atoms with Gasteiger partial charge in [0.05, 0.1) is 12.2 Å². The number of hydrogen-bond donors (Lipinski definition) is 1. The van der Waals surface area contributed by atoms with Gasteiger partial charge in [-0.15, -0.1) is 0 Å². The van der Waals surface area contributed by atoms with Crippen LogP contribution in [0.15, 0.2) is 0 Å². The molecule has 0 aromatic carbocycles. The number of nitriles is 1. The van der Waals surface area contributed by atoms with Crippen LogP contribution >= 0.6 is 0 Å². The number of hydrogen-bond acceptors (Lipinski definition) is 4. The van der Waals surface area contributed by atoms with E-state index in [0.29, 0.717) is 18.1 Å². The van der Waals surface area contributed by atoms with Crippen LogP contribution < -0.4 is 5.32 Å². The van der Waals surface area contributed by atoms with Gasteiger partial charge in [-0.3, -0.25) is 10.2 Å². The van der Waals surface area contributed by atoms with E-state index in [0.717, 1.165) is 32.5 Å². The minimum Gasteiger partial charge on any atom is -0.380 e. The fourth-order valence-electron chi connectivity index (χ4n) is 3.04. The molecule has 1 aliphatic heterocycles. The fraction of sp³-hybridized carbons (Fsp3) is 0.938. The summed E-state index contributed by atoms with van der Waals surface area (Å²) in [7, 11) is 1.80. The Balaban J connectivity index is 2.57. The molecule has 4 atom stereocenters. The Hall–Kier alpha value is -0.630. The van der Waals surface area contributed by atoms with Crippen molar-refractivity contribution in [3.8, 4) is 6.07 Å². The number of ether oxygens (including phenoxy) is 1. The highest BCUT2D eigenvalue weighted by Gasteiger charge is 2.32. The Morgan fingerprint density at radius 2 is 2.25 bits per heavy atom. The fourth-order valence-corrected chi connectivity index (χ4v) is 3.04. The van der Waals surface area contributed by atoms with Gasteiger partial charge < -0.3 is 4.74 Å². The van der Waals surface area contributed by atoms with Crippen molar-refractivity contribution >= 4 is 0 Å². The highest BCUT2D eigenvalue weighted by Crippen LogP contribution is 2.24. The van der Waals surface area contributed by atoms with Gasteiger partial charge in [0, 0.05) is 19.7 Å². The maximum Gasteiger partial charge on any atom is 0.105 e. The molecule has 1 saturated heterocycles. The molecule has 4 heteroatoms. The summed E-state index contributed by atoms with van der Waals surface area (Å²) in [6.45, 7) is 11.6. The van der Waals surface area contributed by atoms with Crippen LogP contribution in [0.3, 0.4) is 0 Å². The first-order chi connectivity index (χ1) is 9.45. The monoisotopic (exact) mass is 281 g/mol. The van der Waals surface area contributed by atoms with Crippen LogP contribution in [-0.4, -0.2) is 49.3 Å². The first-order valence-corrected chi connectivity index (χ1v) is 7.89. The van der Waals surface area contributed by atoms with Crippen LogP contribution in [0.4, 0.5) is 0 Å². The Morgan fingerprint density at radius 1 is 1.55 bits per heavy atom. The lowest BCUT2D eigenvalue weighted by molar-refractivity contribution is -0.0197. The van der Waals surface area contributed by atoms with Crippen LogP contribution in [0.5, 0.6) is 0 Å². The van der Waals surface area contributed by atoms with Gasteiger partial charge in [-0.2, -0.15) is 5.26 Å². The molecule has 1 fully saturated rings. The molecule has 4 unspecified atom stereocenters. The first-order valence-electron chi connectivity index (χ1n) is 7.89. The van der Waals surface area contributed by atoms with Crippen molar-refractivity contribution in [2.24, 2.45) is 5.92 Å². The standard InChI is InChI=1S/C16H31N3O/c1-6-8-18-16(4,12-17)10-14(3)19-9-7-13(2)15(11-19)20-5/h13-15,18H,6-11H2,1-5H3. The predicted molar refractivity (Wildman–Crippen MR) is 82.5 cm³/mol. The van der Waals surface area contributed by atoms with Gasteiger partial charge in [-0.05, 0) is 52.1 Å². The van der Waals surface area contributed by atoms with E-state index in [1.54, 1.807) is 7.11 Å². The van der Waals surface area contributed by atoms with Crippen molar-refractivity contribution in [1.82, 2.24) is 10.2 Å². The van der Waals surface area contributed by atoms with Gasteiger partial charge in [0.25, 0.3) is 0 Å². The average Bonchev–Trinajstić information content (AvgIpc) is 2.45. The van der Waals surface area contributed by atoms with Gasteiger partial charge in [0.15, 0.2) is 0 Å². The van der Waals surface area contributed by atoms with E-state index in [1.165, 1.54) is 6.42 Å². The number of rotatable bonds is 7. The van der Waals surface area contributed by atoms with E-state index in [1.807, 2.05) is 6.92 Å². The second-order valence-electron chi connectivity index (χ2n) is 6.46. The number of likely N-dealkylation sites (tertiary alicyclic amines) is 1. The lowest BCUT2D eigenvalue weighted by Gasteiger charge is -2.41. The second kappa shape index (κ2) is 7.97. The Labute approximate surface area is 124 Å². The highest BCUT2D eigenvalue weighted by molar-refractivity contribution is 5.05. The largest absolute Gasteiger partial charge is 0.380 e. The molecule has 0 bridgehead atoms. The van der Waals surface area contributed by atoms with Gasteiger partial charge in [-0.1, -0.05) is 13.8 Å². The molecular formula is C16H31N3O. The predicted octanol–water partition coefficient (Wildman–Crippen LogP) is 2.40. The van der Waals surface area contributed by atoms with Gasteiger partial charge >= 0.3 is 0 Å². The van der Waals surface area contributed by atoms with Gasteiger partial charge in [0.2, 0.25) is 0 Å². The van der Waals surface area contributed by atoms with E-state index in [-0.39, 0.29) is 0 Å². The average molecular weight is 281 g/mol. The third kappa shape index (κ3) is 4.73. The van der Waals surface area contributed by atoms with E-state index < -0.39 is 5.54 Å². The number of methoxy groups -OCH3 is 1. The van der Waals surface area contributed by atoms with Crippen molar-refractivity contribution in [1.29, 1.82) is 5.26 Å². The lowest BCUT2D eigenvalue weighted by atomic mass is 9.90. The number of nitrogens with zero attached hydrogens (tertiary/aromatic N) is 2. The van der Waals surface area contributed by atoms with E-state index in [2.05, 4.69) is 37.1 Å². The molecule has 0 aliphatic carbocycles. The molecule has 0 amide bonds. The summed E-state index contributed by atoms with van der Waals surface area (Å²) < 4.78 is 5.58. The van der Waals surface area contributed by atoms with Crippen molar-refractivity contribution in [2.45, 2.75) is 64.6 Å². The van der Waals surface area contributed by atoms with E-state index >= 15 is 0 Å². The molecule has 0 aromatic rings. The summed E-state index contributed by atoms with van der Waals surface area (Å²) in [4.78, 5) is 2.47. The molecular weight excluding hydrogens is 250 g/mol. The Kier molecular flexibility index (Phi) is 6.94. The third-order valence-electron chi connectivity index (χ3n) is 4.56. The zero-order valence-corrected chi connectivity index (χ0v) is 13.8. The number of piperidine rings is 1. The Morgan fingerprint density at radius 3 is 2.80 bits per heavy atom. The van der Waals surface area contributed by atoms with E-state index in [9.17, 15) is 5.26 Å². The quantitative estimate of drug-likeness (QED) is 0.778. The summed E-state index contributed by atoms with van der Waals surface area (Å²) in [5.41, 5.74) is -0.430. The van der Waals surface area contributed by atoms with Gasteiger partial charge in [0.1, 0.15) is 5.54 Å². The van der Waals surface area contributed by atoms with Crippen molar-refractivity contribution < 1.29 is 4.74 Å². The van der Waals surface area contributed by atoms with Crippen LogP contribution in [0.2, 0.25) is 0 Å². The molecule has 0 saturated carbocycles. The SMILES string of the molecule is CCCNC(C)(C#N)CC(C)N1CCC(C)C(OC)C1. The van der Waals surface area contributed by atoms with Crippen molar-refractivity contribution in [3.05, 3.63) is 0 Å². The summed E-state index contributed by atoms with van der Waals surface area (Å²) in [5.74, 6) is 0.629. The van der Waals surface area contributed by atoms with E-state index in [4.69, 9.17) is 4.74 Å². The molecule has 4 nitrogen and oxygen atoms in total. The first kappa shape index (κ1) is 17.4. The molecule has 0 radical (unpaired) electrons. The maximum absolute atomic E-state index is 9.44. The summed E-state index contributed by atoms with van der Waals surface area (Å²) in [6.07, 6.45) is 3.41. The van der Waals surface area contributed by atoms with Crippen LogP contribution in [0.1, 0.15) is 47.0 Å². The summed E-state index contributed by atoms with van der Waals surface area (Å²) in [6, 6.07) is 2.85. The molecule has 116 valence electrons. The zero-order valence-electron chi connectivity index (χ0n) is 13.8. The smallest absolute Gasteiger partial charge is 0.105 e. The second-order valence-corrected chi connectivity index (χ2v) is 6.46. The number of nitrogens with one attached hydrogen (secondary N) is 1. The minimum absolute atomic E-state index is 0.322. The lowest BCUT2D eigenvalue weighted by Crippen LogP contribution is -2.52.